The Bertz CT molecular complexity index is 307. The first-order valence-corrected chi connectivity index (χ1v) is 8.44. The minimum atomic E-state index is 0.0863. The van der Waals surface area contributed by atoms with Crippen molar-refractivity contribution in [2.45, 2.75) is 76.3 Å². The van der Waals surface area contributed by atoms with Crippen LogP contribution in [0.25, 0.3) is 0 Å². The first kappa shape index (κ1) is 15.8. The van der Waals surface area contributed by atoms with Crippen molar-refractivity contribution in [3.05, 3.63) is 0 Å². The molecule has 0 aliphatic heterocycles. The van der Waals surface area contributed by atoms with Crippen molar-refractivity contribution in [2.24, 2.45) is 5.73 Å². The summed E-state index contributed by atoms with van der Waals surface area (Å²) in [7, 11) is 0. The topological polar surface area (TPSA) is 58.4 Å². The van der Waals surface area contributed by atoms with Gasteiger partial charge in [-0.25, -0.2) is 0 Å². The van der Waals surface area contributed by atoms with Crippen molar-refractivity contribution in [3.8, 4) is 0 Å². The van der Waals surface area contributed by atoms with Crippen LogP contribution in [0.5, 0.6) is 0 Å². The van der Waals surface area contributed by atoms with Crippen LogP contribution in [0.1, 0.15) is 64.7 Å². The third-order valence-corrected chi connectivity index (χ3v) is 5.13. The number of nitrogens with zero attached hydrogens (tertiary/aromatic N) is 1. The van der Waals surface area contributed by atoms with Crippen molar-refractivity contribution in [1.82, 2.24) is 10.2 Å². The fraction of sp³-hybridized carbons (Fsp3) is 0.938. The molecule has 2 fully saturated rings. The Kier molecular flexibility index (Phi) is 5.85. The Balaban J connectivity index is 1.91. The van der Waals surface area contributed by atoms with Gasteiger partial charge in [0.25, 0.3) is 0 Å². The van der Waals surface area contributed by atoms with Gasteiger partial charge in [-0.2, -0.15) is 0 Å². The zero-order chi connectivity index (χ0) is 14.4. The second-order valence-corrected chi connectivity index (χ2v) is 6.61. The van der Waals surface area contributed by atoms with Gasteiger partial charge in [0.15, 0.2) is 0 Å². The number of carbonyl (C=O) groups is 1. The van der Waals surface area contributed by atoms with E-state index >= 15 is 0 Å². The fourth-order valence-electron chi connectivity index (χ4n) is 3.95. The van der Waals surface area contributed by atoms with E-state index in [0.717, 1.165) is 38.6 Å². The Labute approximate surface area is 123 Å². The molecule has 0 atom stereocenters. The summed E-state index contributed by atoms with van der Waals surface area (Å²) in [6.45, 7) is 4.38. The molecule has 0 bridgehead atoms. The summed E-state index contributed by atoms with van der Waals surface area (Å²) in [6.07, 6.45) is 10.7. The lowest BCUT2D eigenvalue weighted by Gasteiger charge is -2.40. The van der Waals surface area contributed by atoms with E-state index in [2.05, 4.69) is 17.1 Å². The predicted octanol–water partition coefficient (Wildman–Crippen LogP) is 2.03. The highest BCUT2D eigenvalue weighted by Crippen LogP contribution is 2.34. The molecule has 0 spiro atoms. The van der Waals surface area contributed by atoms with Crippen LogP contribution < -0.4 is 11.1 Å². The molecule has 1 amide bonds. The quantitative estimate of drug-likeness (QED) is 0.750. The zero-order valence-corrected chi connectivity index (χ0v) is 13.0. The lowest BCUT2D eigenvalue weighted by Crippen LogP contribution is -2.55. The summed E-state index contributed by atoms with van der Waals surface area (Å²) in [5.74, 6) is 0.199. The lowest BCUT2D eigenvalue weighted by atomic mass is 9.94. The largest absolute Gasteiger partial charge is 0.352 e. The molecule has 2 aliphatic carbocycles. The van der Waals surface area contributed by atoms with E-state index in [1.165, 1.54) is 25.7 Å². The fourth-order valence-corrected chi connectivity index (χ4v) is 3.95. The molecule has 0 aromatic rings. The van der Waals surface area contributed by atoms with Crippen molar-refractivity contribution in [2.75, 3.05) is 19.6 Å². The molecule has 0 heterocycles. The van der Waals surface area contributed by atoms with Gasteiger partial charge < -0.3 is 11.1 Å². The summed E-state index contributed by atoms with van der Waals surface area (Å²) >= 11 is 0. The number of rotatable bonds is 7. The van der Waals surface area contributed by atoms with Crippen LogP contribution in [0.4, 0.5) is 0 Å². The van der Waals surface area contributed by atoms with Gasteiger partial charge >= 0.3 is 0 Å². The van der Waals surface area contributed by atoms with Gasteiger partial charge in [0, 0.05) is 18.1 Å². The molecule has 0 radical (unpaired) electrons. The molecular formula is C16H31N3O. The Hall–Kier alpha value is -0.610. The molecule has 2 saturated carbocycles. The van der Waals surface area contributed by atoms with Gasteiger partial charge in [0.1, 0.15) is 0 Å². The van der Waals surface area contributed by atoms with E-state index in [1.54, 1.807) is 0 Å². The van der Waals surface area contributed by atoms with Gasteiger partial charge in [0.05, 0.1) is 6.54 Å². The summed E-state index contributed by atoms with van der Waals surface area (Å²) in [6, 6.07) is 0.420. The van der Waals surface area contributed by atoms with E-state index in [0.29, 0.717) is 19.1 Å². The molecule has 2 rings (SSSR count). The van der Waals surface area contributed by atoms with Crippen molar-refractivity contribution >= 4 is 5.91 Å². The van der Waals surface area contributed by atoms with Crippen LogP contribution in [0.15, 0.2) is 0 Å². The third-order valence-electron chi connectivity index (χ3n) is 5.13. The molecule has 4 nitrogen and oxygen atoms in total. The minimum Gasteiger partial charge on any atom is -0.352 e. The number of hydrogen-bond donors (Lipinski definition) is 2. The van der Waals surface area contributed by atoms with E-state index in [9.17, 15) is 4.79 Å². The van der Waals surface area contributed by atoms with Gasteiger partial charge in [-0.15, -0.1) is 0 Å². The van der Waals surface area contributed by atoms with Crippen molar-refractivity contribution < 1.29 is 4.79 Å². The van der Waals surface area contributed by atoms with E-state index < -0.39 is 0 Å². The summed E-state index contributed by atoms with van der Waals surface area (Å²) in [4.78, 5) is 14.7. The molecule has 20 heavy (non-hydrogen) atoms. The molecule has 3 N–H and O–H groups in total. The summed E-state index contributed by atoms with van der Waals surface area (Å²) in [5.41, 5.74) is 6.15. The molecule has 0 saturated heterocycles. The predicted molar refractivity (Wildman–Crippen MR) is 82.5 cm³/mol. The second-order valence-electron chi connectivity index (χ2n) is 6.61. The number of hydrogen-bond acceptors (Lipinski definition) is 3. The maximum atomic E-state index is 12.3. The minimum absolute atomic E-state index is 0.0863. The standard InChI is InChI=1S/C16H31N3O/c1-2-11-19(16(13-17)9-5-6-10-16)12-15(20)18-14-7-3-4-8-14/h14H,2-13,17H2,1H3,(H,18,20). The number of carbonyl (C=O) groups excluding carboxylic acids is 1. The Morgan fingerprint density at radius 3 is 2.45 bits per heavy atom. The molecule has 0 aromatic heterocycles. The SMILES string of the molecule is CCCN(CC(=O)NC1CCCC1)C1(CN)CCCC1. The van der Waals surface area contributed by atoms with Crippen LogP contribution in [0.2, 0.25) is 0 Å². The molecule has 2 aliphatic rings. The normalized spacial score (nSPS) is 22.6. The average molecular weight is 281 g/mol. The molecule has 4 heteroatoms. The summed E-state index contributed by atoms with van der Waals surface area (Å²) < 4.78 is 0. The highest BCUT2D eigenvalue weighted by molar-refractivity contribution is 5.78. The highest BCUT2D eigenvalue weighted by atomic mass is 16.2. The monoisotopic (exact) mass is 281 g/mol. The van der Waals surface area contributed by atoms with Crippen LogP contribution in [0, 0.1) is 0 Å². The van der Waals surface area contributed by atoms with Crippen LogP contribution >= 0.6 is 0 Å². The highest BCUT2D eigenvalue weighted by Gasteiger charge is 2.38. The van der Waals surface area contributed by atoms with E-state index in [4.69, 9.17) is 5.73 Å². The average Bonchev–Trinajstić information content (AvgIpc) is 3.09. The third kappa shape index (κ3) is 3.73. The van der Waals surface area contributed by atoms with Gasteiger partial charge in [-0.1, -0.05) is 32.6 Å². The second kappa shape index (κ2) is 7.41. The first-order chi connectivity index (χ1) is 9.70. The van der Waals surface area contributed by atoms with Gasteiger partial charge in [0.2, 0.25) is 5.91 Å². The smallest absolute Gasteiger partial charge is 0.234 e. The number of nitrogens with two attached hydrogens (primary N) is 1. The van der Waals surface area contributed by atoms with Crippen LogP contribution in [0.3, 0.4) is 0 Å². The number of amides is 1. The maximum Gasteiger partial charge on any atom is 0.234 e. The molecular weight excluding hydrogens is 250 g/mol. The Morgan fingerprint density at radius 2 is 1.90 bits per heavy atom. The lowest BCUT2D eigenvalue weighted by molar-refractivity contribution is -0.124. The zero-order valence-electron chi connectivity index (χ0n) is 13.0. The molecule has 0 unspecified atom stereocenters. The van der Waals surface area contributed by atoms with E-state index in [-0.39, 0.29) is 11.4 Å². The summed E-state index contributed by atoms with van der Waals surface area (Å²) in [5, 5.41) is 3.21. The van der Waals surface area contributed by atoms with Crippen LogP contribution in [-0.2, 0) is 4.79 Å². The van der Waals surface area contributed by atoms with Gasteiger partial charge in [-0.3, -0.25) is 9.69 Å². The van der Waals surface area contributed by atoms with Crippen molar-refractivity contribution in [3.63, 3.8) is 0 Å². The van der Waals surface area contributed by atoms with Gasteiger partial charge in [-0.05, 0) is 38.6 Å². The Morgan fingerprint density at radius 1 is 1.25 bits per heavy atom. The first-order valence-electron chi connectivity index (χ1n) is 8.44. The van der Waals surface area contributed by atoms with E-state index in [1.807, 2.05) is 0 Å². The number of nitrogens with one attached hydrogen (secondary N) is 1. The van der Waals surface area contributed by atoms with Crippen molar-refractivity contribution in [1.29, 1.82) is 0 Å². The molecule has 116 valence electrons. The maximum absolute atomic E-state index is 12.3. The van der Waals surface area contributed by atoms with Crippen LogP contribution in [-0.4, -0.2) is 42.0 Å². The molecule has 0 aromatic carbocycles.